The number of aryl methyl sites for hydroxylation is 1. The number of anilines is 1. The molecular weight excluding hydrogens is 559 g/mol. The first kappa shape index (κ1) is 27.0. The number of amides is 2. The number of carbonyl (C=O) groups is 3. The van der Waals surface area contributed by atoms with E-state index >= 15 is 0 Å². The number of carbonyl (C=O) groups excluding carboxylic acids is 2. The van der Waals surface area contributed by atoms with Crippen LogP contribution in [0.5, 0.6) is 0 Å². The van der Waals surface area contributed by atoms with Gasteiger partial charge in [-0.25, -0.2) is 4.90 Å². The second kappa shape index (κ2) is 9.46. The van der Waals surface area contributed by atoms with E-state index in [-0.39, 0.29) is 17.7 Å². The fourth-order valence-electron chi connectivity index (χ4n) is 6.19. The number of imide groups is 1. The van der Waals surface area contributed by atoms with Crippen LogP contribution in [0.4, 0.5) is 18.9 Å². The zero-order chi connectivity index (χ0) is 29.3. The second-order valence-electron chi connectivity index (χ2n) is 10.5. The number of alkyl halides is 3. The molecule has 4 atom stereocenters. The highest BCUT2D eigenvalue weighted by molar-refractivity contribution is 6.32. The van der Waals surface area contributed by atoms with E-state index in [1.165, 1.54) is 24.3 Å². The molecule has 4 unspecified atom stereocenters. The molecule has 0 saturated carbocycles. The van der Waals surface area contributed by atoms with Gasteiger partial charge in [0, 0.05) is 34.6 Å². The molecule has 4 aromatic rings. The number of benzene rings is 3. The van der Waals surface area contributed by atoms with E-state index in [4.69, 9.17) is 11.6 Å². The highest BCUT2D eigenvalue weighted by Crippen LogP contribution is 2.52. The van der Waals surface area contributed by atoms with E-state index in [0.717, 1.165) is 27.9 Å². The minimum Gasteiger partial charge on any atom is -0.480 e. The van der Waals surface area contributed by atoms with Crippen molar-refractivity contribution in [1.29, 1.82) is 0 Å². The maximum atomic E-state index is 14.1. The summed E-state index contributed by atoms with van der Waals surface area (Å²) in [5.41, 5.74) is -0.701. The van der Waals surface area contributed by atoms with Crippen LogP contribution in [-0.2, 0) is 27.0 Å². The van der Waals surface area contributed by atoms with Crippen LogP contribution < -0.4 is 10.2 Å². The van der Waals surface area contributed by atoms with Gasteiger partial charge in [-0.3, -0.25) is 19.7 Å². The Balaban J connectivity index is 1.52. The molecule has 11 heteroatoms. The van der Waals surface area contributed by atoms with Crippen LogP contribution >= 0.6 is 11.6 Å². The van der Waals surface area contributed by atoms with Gasteiger partial charge in [-0.1, -0.05) is 48.0 Å². The number of rotatable bonds is 5. The van der Waals surface area contributed by atoms with E-state index in [0.29, 0.717) is 16.1 Å². The monoisotopic (exact) mass is 581 g/mol. The number of H-pyrrole nitrogens is 1. The molecular formula is C30H23ClF3N3O4. The molecule has 2 amide bonds. The molecule has 3 heterocycles. The predicted molar refractivity (Wildman–Crippen MR) is 145 cm³/mol. The zero-order valence-electron chi connectivity index (χ0n) is 21.5. The largest absolute Gasteiger partial charge is 0.480 e. The summed E-state index contributed by atoms with van der Waals surface area (Å²) in [6.07, 6.45) is -3.23. The third-order valence-corrected chi connectivity index (χ3v) is 8.57. The highest BCUT2D eigenvalue weighted by atomic mass is 35.5. The number of aliphatic carboxylic acids is 1. The van der Waals surface area contributed by atoms with Crippen molar-refractivity contribution in [1.82, 2.24) is 10.3 Å². The molecule has 1 aromatic heterocycles. The van der Waals surface area contributed by atoms with Crippen molar-refractivity contribution in [2.45, 2.75) is 31.1 Å². The highest BCUT2D eigenvalue weighted by Gasteiger charge is 2.68. The smallest absolute Gasteiger partial charge is 0.416 e. The van der Waals surface area contributed by atoms with E-state index in [1.807, 2.05) is 12.1 Å². The van der Waals surface area contributed by atoms with Crippen LogP contribution in [0.25, 0.3) is 10.9 Å². The van der Waals surface area contributed by atoms with E-state index < -0.39 is 52.9 Å². The lowest BCUT2D eigenvalue weighted by atomic mass is 9.76. The third kappa shape index (κ3) is 4.20. The Labute approximate surface area is 236 Å². The van der Waals surface area contributed by atoms with Gasteiger partial charge in [0.15, 0.2) is 0 Å². The first-order chi connectivity index (χ1) is 19.4. The van der Waals surface area contributed by atoms with Crippen molar-refractivity contribution in [2.24, 2.45) is 11.8 Å². The molecule has 0 radical (unpaired) electrons. The number of aromatic nitrogens is 1. The summed E-state index contributed by atoms with van der Waals surface area (Å²) in [5.74, 6) is -5.56. The topological polar surface area (TPSA) is 102 Å². The molecule has 0 spiro atoms. The summed E-state index contributed by atoms with van der Waals surface area (Å²) in [4.78, 5) is 45.2. The Bertz CT molecular complexity index is 1740. The predicted octanol–water partition coefficient (Wildman–Crippen LogP) is 5.66. The molecule has 2 aliphatic rings. The number of carboxylic acid groups (broad SMARTS) is 1. The van der Waals surface area contributed by atoms with Gasteiger partial charge in [0.2, 0.25) is 11.8 Å². The number of aromatic amines is 1. The number of nitrogens with zero attached hydrogens (tertiary/aromatic N) is 1. The molecule has 210 valence electrons. The number of para-hydroxylation sites is 1. The molecule has 3 N–H and O–H groups in total. The maximum absolute atomic E-state index is 14.1. The van der Waals surface area contributed by atoms with Crippen molar-refractivity contribution < 1.29 is 32.7 Å². The summed E-state index contributed by atoms with van der Waals surface area (Å²) >= 11 is 6.28. The summed E-state index contributed by atoms with van der Waals surface area (Å²) in [5, 5.41) is 14.7. The molecule has 2 aliphatic heterocycles. The average molecular weight is 582 g/mol. The van der Waals surface area contributed by atoms with Gasteiger partial charge in [0.1, 0.15) is 5.54 Å². The number of hydrogen-bond acceptors (Lipinski definition) is 4. The molecule has 0 aliphatic carbocycles. The number of fused-ring (bicyclic) bond motifs is 2. The van der Waals surface area contributed by atoms with Crippen molar-refractivity contribution in [3.05, 3.63) is 100 Å². The van der Waals surface area contributed by atoms with Gasteiger partial charge in [-0.2, -0.15) is 13.2 Å². The lowest BCUT2D eigenvalue weighted by molar-refractivity contribution is -0.148. The van der Waals surface area contributed by atoms with E-state index in [9.17, 15) is 32.7 Å². The van der Waals surface area contributed by atoms with Crippen LogP contribution in [0.1, 0.15) is 28.3 Å². The number of nitrogens with one attached hydrogen (secondary N) is 2. The summed E-state index contributed by atoms with van der Waals surface area (Å²) < 4.78 is 40.9. The fraction of sp³-hybridized carbons (Fsp3) is 0.233. The Morgan fingerprint density at radius 1 is 1.05 bits per heavy atom. The van der Waals surface area contributed by atoms with Gasteiger partial charge in [-0.15, -0.1) is 0 Å². The van der Waals surface area contributed by atoms with Crippen LogP contribution in [0, 0.1) is 18.8 Å². The quantitative estimate of drug-likeness (QED) is 0.264. The first-order valence-corrected chi connectivity index (χ1v) is 13.2. The standard InChI is InChI=1S/C30H23ClF3N3O4/c1-15-9-10-19(12-21(15)31)37-26(38)23-24(27(37)39)29(28(40)41,13-17-14-35-22-8-3-2-7-20(17)22)36-25(23)16-5-4-6-18(11-16)30(32,33)34/h2-12,14,23-25,35-36H,13H2,1H3,(H,40,41). The van der Waals surface area contributed by atoms with Crippen molar-refractivity contribution in [3.8, 4) is 0 Å². The molecule has 2 saturated heterocycles. The van der Waals surface area contributed by atoms with Crippen molar-refractivity contribution in [2.75, 3.05) is 4.90 Å². The first-order valence-electron chi connectivity index (χ1n) is 12.8. The Morgan fingerprint density at radius 2 is 1.80 bits per heavy atom. The normalized spacial score (nSPS) is 24.3. The summed E-state index contributed by atoms with van der Waals surface area (Å²) in [6, 6.07) is 15.0. The second-order valence-corrected chi connectivity index (χ2v) is 10.9. The zero-order valence-corrected chi connectivity index (χ0v) is 22.3. The van der Waals surface area contributed by atoms with Crippen LogP contribution in [0.2, 0.25) is 5.02 Å². The van der Waals surface area contributed by atoms with Gasteiger partial charge < -0.3 is 10.1 Å². The van der Waals surface area contributed by atoms with Gasteiger partial charge in [0.05, 0.1) is 23.1 Å². The third-order valence-electron chi connectivity index (χ3n) is 8.17. The molecule has 0 bridgehead atoms. The van der Waals surface area contributed by atoms with Gasteiger partial charge >= 0.3 is 12.1 Å². The van der Waals surface area contributed by atoms with Crippen LogP contribution in [0.15, 0.2) is 72.9 Å². The minimum atomic E-state index is -4.66. The fourth-order valence-corrected chi connectivity index (χ4v) is 6.36. The molecule has 6 rings (SSSR count). The lowest BCUT2D eigenvalue weighted by Crippen LogP contribution is -2.57. The number of carboxylic acids is 1. The molecule has 3 aromatic carbocycles. The van der Waals surface area contributed by atoms with Gasteiger partial charge in [0.25, 0.3) is 0 Å². The molecule has 41 heavy (non-hydrogen) atoms. The minimum absolute atomic E-state index is 0.0572. The number of halogens is 4. The van der Waals surface area contributed by atoms with E-state index in [2.05, 4.69) is 10.3 Å². The molecule has 2 fully saturated rings. The van der Waals surface area contributed by atoms with Gasteiger partial charge in [-0.05, 0) is 53.9 Å². The average Bonchev–Trinajstić information content (AvgIpc) is 3.58. The SMILES string of the molecule is Cc1ccc(N2C(=O)C3C(c4cccc(C(F)(F)F)c4)NC(Cc4c[nH]c5ccccc45)(C(=O)O)C3C2=O)cc1Cl. The lowest BCUT2D eigenvalue weighted by Gasteiger charge is -2.31. The van der Waals surface area contributed by atoms with Crippen molar-refractivity contribution in [3.63, 3.8) is 0 Å². The van der Waals surface area contributed by atoms with Crippen LogP contribution in [0.3, 0.4) is 0 Å². The Morgan fingerprint density at radius 3 is 2.51 bits per heavy atom. The maximum Gasteiger partial charge on any atom is 0.416 e. The van der Waals surface area contributed by atoms with Crippen LogP contribution in [-0.4, -0.2) is 33.4 Å². The molecule has 7 nitrogen and oxygen atoms in total. The van der Waals surface area contributed by atoms with Crippen molar-refractivity contribution >= 4 is 46.0 Å². The van der Waals surface area contributed by atoms with E-state index in [1.54, 1.807) is 31.3 Å². The number of hydrogen-bond donors (Lipinski definition) is 3. The Hall–Kier alpha value is -4.15. The summed E-state index contributed by atoms with van der Waals surface area (Å²) in [6.45, 7) is 1.75. The Kier molecular flexibility index (Phi) is 6.24. The summed E-state index contributed by atoms with van der Waals surface area (Å²) in [7, 11) is 0.